The second-order valence-electron chi connectivity index (χ2n) is 9.29. The van der Waals surface area contributed by atoms with Gasteiger partial charge in [0.05, 0.1) is 16.9 Å². The molecule has 3 N–H and O–H groups in total. The molecule has 0 aliphatic carbocycles. The van der Waals surface area contributed by atoms with Crippen molar-refractivity contribution in [3.8, 4) is 17.2 Å². The second kappa shape index (κ2) is 12.9. The fraction of sp³-hybridized carbons (Fsp3) is 0.345. The average Bonchev–Trinajstić information content (AvgIpc) is 2.93. The molecule has 2 aromatic carbocycles. The number of ether oxygens (including phenoxy) is 1. The molecule has 36 heavy (non-hydrogen) atoms. The van der Waals surface area contributed by atoms with E-state index in [0.717, 1.165) is 25.7 Å². The normalized spacial score (nSPS) is 13.5. The monoisotopic (exact) mass is 602 g/mol. The maximum absolute atomic E-state index is 13.6. The number of halogens is 1. The highest BCUT2D eigenvalue weighted by atomic mass is 127. The third kappa shape index (κ3) is 7.06. The fourth-order valence-electron chi connectivity index (χ4n) is 4.07. The summed E-state index contributed by atoms with van der Waals surface area (Å²) < 4.78 is 6.01. The zero-order valence-electron chi connectivity index (χ0n) is 21.4. The van der Waals surface area contributed by atoms with Crippen molar-refractivity contribution in [3.63, 3.8) is 0 Å². The van der Waals surface area contributed by atoms with Gasteiger partial charge >= 0.3 is 0 Å². The molecule has 192 valence electrons. The molecule has 1 amide bonds. The number of aromatic hydroxyl groups is 2. The van der Waals surface area contributed by atoms with Crippen LogP contribution in [-0.2, 0) is 0 Å². The molecule has 6 nitrogen and oxygen atoms in total. The molecule has 0 radical (unpaired) electrons. The molecule has 3 rings (SSSR count). The van der Waals surface area contributed by atoms with Crippen LogP contribution >= 0.6 is 22.6 Å². The zero-order valence-corrected chi connectivity index (χ0v) is 23.6. The molecule has 0 atom stereocenters. The molecule has 0 saturated heterocycles. The van der Waals surface area contributed by atoms with Gasteiger partial charge in [0, 0.05) is 18.7 Å². The lowest BCUT2D eigenvalue weighted by atomic mass is 10.1. The van der Waals surface area contributed by atoms with Gasteiger partial charge in [-0.1, -0.05) is 41.0 Å². The van der Waals surface area contributed by atoms with Crippen LogP contribution in [-0.4, -0.2) is 27.3 Å². The largest absolute Gasteiger partial charge is 0.506 e. The first-order chi connectivity index (χ1) is 17.2. The number of alkyl halides is 1. The first kappa shape index (κ1) is 27.6. The van der Waals surface area contributed by atoms with E-state index in [4.69, 9.17) is 4.74 Å². The van der Waals surface area contributed by atoms with E-state index in [1.165, 1.54) is 28.9 Å². The molecular formula is C29H35IN2O4. The highest BCUT2D eigenvalue weighted by molar-refractivity contribution is 14.1. The third-order valence-electron chi connectivity index (χ3n) is 6.10. The van der Waals surface area contributed by atoms with Crippen molar-refractivity contribution >= 4 is 45.6 Å². The number of para-hydroxylation sites is 1. The Morgan fingerprint density at radius 1 is 0.972 bits per heavy atom. The minimum atomic E-state index is -0.266. The quantitative estimate of drug-likeness (QED) is 0.111. The molecule has 0 fully saturated rings. The number of anilines is 3. The third-order valence-corrected chi connectivity index (χ3v) is 6.41. The van der Waals surface area contributed by atoms with Crippen LogP contribution in [0.1, 0.15) is 63.7 Å². The van der Waals surface area contributed by atoms with Crippen LogP contribution in [0.4, 0.5) is 17.1 Å². The van der Waals surface area contributed by atoms with Gasteiger partial charge in [0.2, 0.25) is 0 Å². The number of hydrogen-bond donors (Lipinski definition) is 3. The number of phenolic OH excluding ortho intramolecular Hbond substituents is 2. The number of amides is 1. The molecule has 0 unspecified atom stereocenters. The molecule has 1 aliphatic rings. The Kier molecular flexibility index (Phi) is 9.87. The molecule has 1 heterocycles. The summed E-state index contributed by atoms with van der Waals surface area (Å²) in [6.07, 6.45) is 10.6. The molecule has 0 aromatic heterocycles. The van der Waals surface area contributed by atoms with Gasteiger partial charge < -0.3 is 25.2 Å². The summed E-state index contributed by atoms with van der Waals surface area (Å²) in [5.74, 6) is 0.0804. The Hall–Kier alpha value is -2.94. The highest BCUT2D eigenvalue weighted by Gasteiger charge is 2.30. The van der Waals surface area contributed by atoms with Gasteiger partial charge in [0.1, 0.15) is 27.5 Å². The van der Waals surface area contributed by atoms with Gasteiger partial charge in [0.25, 0.3) is 5.91 Å². The summed E-state index contributed by atoms with van der Waals surface area (Å²) in [6.45, 7) is 8.81. The standard InChI is InChI=1S/C29H35IN2O4/c1-19(2)8-5-9-20(3)10-6-11-21(4)14-15-32-24-16-22(36-18-30)17-26(34)28(24)31-27-23(29(32)35)12-7-13-25(27)33/h7-8,10,12-14,16-17,31,33-34H,5-6,9,11,15,18H2,1-4H3/b20-10+,21-14+. The Bertz CT molecular complexity index is 1200. The van der Waals surface area contributed by atoms with Crippen molar-refractivity contribution < 1.29 is 19.7 Å². The molecule has 1 aliphatic heterocycles. The van der Waals surface area contributed by atoms with Crippen LogP contribution in [0, 0.1) is 0 Å². The number of carbonyl (C=O) groups is 1. The molecule has 0 saturated carbocycles. The minimum absolute atomic E-state index is 0.0564. The van der Waals surface area contributed by atoms with E-state index in [-0.39, 0.29) is 23.1 Å². The number of hydrogen-bond acceptors (Lipinski definition) is 5. The zero-order chi connectivity index (χ0) is 26.2. The molecule has 0 bridgehead atoms. The lowest BCUT2D eigenvalue weighted by molar-refractivity contribution is 0.0991. The Morgan fingerprint density at radius 2 is 1.67 bits per heavy atom. The summed E-state index contributed by atoms with van der Waals surface area (Å²) in [7, 11) is 0. The van der Waals surface area contributed by atoms with Crippen molar-refractivity contribution in [1.82, 2.24) is 0 Å². The first-order valence-corrected chi connectivity index (χ1v) is 13.6. The van der Waals surface area contributed by atoms with Gasteiger partial charge in [-0.15, -0.1) is 0 Å². The van der Waals surface area contributed by atoms with Crippen LogP contribution in [0.3, 0.4) is 0 Å². The lowest BCUT2D eigenvalue weighted by Gasteiger charge is -2.23. The molecule has 0 spiro atoms. The number of nitrogens with one attached hydrogen (secondary N) is 1. The van der Waals surface area contributed by atoms with E-state index < -0.39 is 0 Å². The van der Waals surface area contributed by atoms with E-state index >= 15 is 0 Å². The van der Waals surface area contributed by atoms with Crippen molar-refractivity contribution in [2.24, 2.45) is 0 Å². The SMILES string of the molecule is CC(C)=CCC/C(C)=C/CC/C(C)=C/CN1C(=O)c2cccc(O)c2Nc2c(O)cc(OCI)cc21. The number of carbonyl (C=O) groups excluding carboxylic acids is 1. The Morgan fingerprint density at radius 3 is 2.36 bits per heavy atom. The smallest absolute Gasteiger partial charge is 0.260 e. The van der Waals surface area contributed by atoms with Gasteiger partial charge in [-0.25, -0.2) is 0 Å². The van der Waals surface area contributed by atoms with Gasteiger partial charge in [-0.05, 0) is 88.1 Å². The van der Waals surface area contributed by atoms with Crippen molar-refractivity contribution in [3.05, 3.63) is 70.8 Å². The number of benzene rings is 2. The number of rotatable bonds is 10. The van der Waals surface area contributed by atoms with Crippen LogP contribution in [0.25, 0.3) is 0 Å². The lowest BCUT2D eigenvalue weighted by Crippen LogP contribution is -2.30. The summed E-state index contributed by atoms with van der Waals surface area (Å²) in [5.41, 5.74) is 5.37. The van der Waals surface area contributed by atoms with E-state index in [9.17, 15) is 15.0 Å². The molecule has 7 heteroatoms. The predicted molar refractivity (Wildman–Crippen MR) is 156 cm³/mol. The summed E-state index contributed by atoms with van der Waals surface area (Å²) in [6, 6.07) is 8.06. The van der Waals surface area contributed by atoms with Crippen LogP contribution in [0.5, 0.6) is 17.2 Å². The van der Waals surface area contributed by atoms with Gasteiger partial charge in [-0.2, -0.15) is 0 Å². The second-order valence-corrected chi connectivity index (χ2v) is 9.91. The molecule has 2 aromatic rings. The Balaban J connectivity index is 1.84. The predicted octanol–water partition coefficient (Wildman–Crippen LogP) is 7.99. The van der Waals surface area contributed by atoms with Crippen molar-refractivity contribution in [2.45, 2.75) is 53.4 Å². The number of fused-ring (bicyclic) bond motifs is 2. The van der Waals surface area contributed by atoms with Crippen molar-refractivity contribution in [1.29, 1.82) is 0 Å². The van der Waals surface area contributed by atoms with Crippen LogP contribution in [0.15, 0.2) is 65.3 Å². The summed E-state index contributed by atoms with van der Waals surface area (Å²) >= 11 is 2.08. The Labute approximate surface area is 227 Å². The first-order valence-electron chi connectivity index (χ1n) is 12.1. The van der Waals surface area contributed by atoms with E-state index in [1.54, 1.807) is 23.1 Å². The van der Waals surface area contributed by atoms with Crippen LogP contribution < -0.4 is 15.0 Å². The number of nitrogens with zero attached hydrogens (tertiary/aromatic N) is 1. The number of allylic oxidation sites excluding steroid dienone is 5. The van der Waals surface area contributed by atoms with Gasteiger partial charge in [-0.3, -0.25) is 4.79 Å². The minimum Gasteiger partial charge on any atom is -0.506 e. The molecular weight excluding hydrogens is 567 g/mol. The number of phenols is 2. The van der Waals surface area contributed by atoms with Gasteiger partial charge in [0.15, 0.2) is 0 Å². The summed E-state index contributed by atoms with van der Waals surface area (Å²) in [4.78, 5) is 15.2. The average molecular weight is 603 g/mol. The van der Waals surface area contributed by atoms with Crippen LogP contribution in [0.2, 0.25) is 0 Å². The maximum Gasteiger partial charge on any atom is 0.260 e. The van der Waals surface area contributed by atoms with E-state index in [1.807, 2.05) is 6.08 Å². The topological polar surface area (TPSA) is 82.0 Å². The maximum atomic E-state index is 13.6. The van der Waals surface area contributed by atoms with E-state index in [2.05, 4.69) is 67.8 Å². The highest BCUT2D eigenvalue weighted by Crippen LogP contribution is 2.46. The van der Waals surface area contributed by atoms with E-state index in [0.29, 0.717) is 33.8 Å². The fourth-order valence-corrected chi connectivity index (χ4v) is 4.43. The van der Waals surface area contributed by atoms with Crippen molar-refractivity contribution in [2.75, 3.05) is 21.4 Å². The summed E-state index contributed by atoms with van der Waals surface area (Å²) in [5, 5.41) is 24.3.